The van der Waals surface area contributed by atoms with Gasteiger partial charge in [0.05, 0.1) is 6.10 Å². The molecular formula is C14H20N4O. The normalized spacial score (nSPS) is 14.1. The molecular weight excluding hydrogens is 240 g/mol. The number of aryl methyl sites for hydroxylation is 1. The van der Waals surface area contributed by atoms with E-state index in [0.29, 0.717) is 0 Å². The van der Waals surface area contributed by atoms with Crippen LogP contribution in [0.1, 0.15) is 13.8 Å². The van der Waals surface area contributed by atoms with Crippen molar-refractivity contribution in [2.24, 2.45) is 7.05 Å². The molecule has 1 heterocycles. The molecule has 0 bridgehead atoms. The third-order valence-electron chi connectivity index (χ3n) is 3.30. The summed E-state index contributed by atoms with van der Waals surface area (Å²) in [4.78, 5) is 0. The molecule has 5 nitrogen and oxygen atoms in total. The Kier molecular flexibility index (Phi) is 4.16. The van der Waals surface area contributed by atoms with Gasteiger partial charge in [0.2, 0.25) is 0 Å². The second kappa shape index (κ2) is 5.84. The molecule has 2 aromatic rings. The van der Waals surface area contributed by atoms with Gasteiger partial charge in [-0.1, -0.05) is 12.1 Å². The summed E-state index contributed by atoms with van der Waals surface area (Å²) in [7, 11) is 3.66. The maximum Gasteiger partial charge on any atom is 0.163 e. The molecule has 0 saturated heterocycles. The highest BCUT2D eigenvalue weighted by molar-refractivity contribution is 5.62. The first-order valence-corrected chi connectivity index (χ1v) is 6.35. The van der Waals surface area contributed by atoms with E-state index in [0.717, 1.165) is 17.1 Å². The largest absolute Gasteiger partial charge is 0.380 e. The van der Waals surface area contributed by atoms with Crippen molar-refractivity contribution in [3.8, 4) is 11.4 Å². The van der Waals surface area contributed by atoms with Gasteiger partial charge in [0.1, 0.15) is 6.33 Å². The molecule has 5 heteroatoms. The van der Waals surface area contributed by atoms with Crippen molar-refractivity contribution in [2.75, 3.05) is 12.4 Å². The number of rotatable bonds is 5. The molecule has 1 aromatic heterocycles. The smallest absolute Gasteiger partial charge is 0.163 e. The van der Waals surface area contributed by atoms with E-state index in [4.69, 9.17) is 4.74 Å². The van der Waals surface area contributed by atoms with E-state index in [2.05, 4.69) is 28.5 Å². The van der Waals surface area contributed by atoms with Crippen LogP contribution in [0.2, 0.25) is 0 Å². The third kappa shape index (κ3) is 3.12. The van der Waals surface area contributed by atoms with E-state index in [1.165, 1.54) is 0 Å². The fraction of sp³-hybridized carbons (Fsp3) is 0.429. The van der Waals surface area contributed by atoms with Crippen LogP contribution < -0.4 is 5.32 Å². The molecule has 2 atom stereocenters. The highest BCUT2D eigenvalue weighted by Gasteiger charge is 2.11. The lowest BCUT2D eigenvalue weighted by atomic mass is 10.1. The minimum absolute atomic E-state index is 0.151. The molecule has 0 aliphatic heterocycles. The van der Waals surface area contributed by atoms with Crippen LogP contribution in [0.3, 0.4) is 0 Å². The van der Waals surface area contributed by atoms with Gasteiger partial charge in [0.25, 0.3) is 0 Å². The van der Waals surface area contributed by atoms with E-state index >= 15 is 0 Å². The molecule has 0 aliphatic carbocycles. The van der Waals surface area contributed by atoms with Crippen LogP contribution in [-0.2, 0) is 11.8 Å². The zero-order valence-corrected chi connectivity index (χ0v) is 11.8. The SMILES string of the molecule is COC(C)C(C)Nc1cccc(-c2nncn2C)c1. The minimum atomic E-state index is 0.151. The van der Waals surface area contributed by atoms with E-state index in [1.807, 2.05) is 36.7 Å². The highest BCUT2D eigenvalue weighted by atomic mass is 16.5. The van der Waals surface area contributed by atoms with E-state index in [-0.39, 0.29) is 12.1 Å². The van der Waals surface area contributed by atoms with Crippen molar-refractivity contribution in [3.63, 3.8) is 0 Å². The molecule has 2 rings (SSSR count). The van der Waals surface area contributed by atoms with E-state index < -0.39 is 0 Å². The van der Waals surface area contributed by atoms with Gasteiger partial charge in [-0.15, -0.1) is 10.2 Å². The summed E-state index contributed by atoms with van der Waals surface area (Å²) in [5.41, 5.74) is 2.10. The van der Waals surface area contributed by atoms with Gasteiger partial charge in [0.15, 0.2) is 5.82 Å². The molecule has 2 unspecified atom stereocenters. The second-order valence-corrected chi connectivity index (χ2v) is 4.72. The van der Waals surface area contributed by atoms with Crippen molar-refractivity contribution >= 4 is 5.69 Å². The Morgan fingerprint density at radius 2 is 2.11 bits per heavy atom. The summed E-state index contributed by atoms with van der Waals surface area (Å²) in [6.45, 7) is 4.15. The summed E-state index contributed by atoms with van der Waals surface area (Å²) >= 11 is 0. The van der Waals surface area contributed by atoms with Gasteiger partial charge in [-0.25, -0.2) is 0 Å². The number of anilines is 1. The second-order valence-electron chi connectivity index (χ2n) is 4.72. The summed E-state index contributed by atoms with van der Waals surface area (Å²) < 4.78 is 7.22. The molecule has 1 N–H and O–H groups in total. The number of ether oxygens (including phenoxy) is 1. The van der Waals surface area contributed by atoms with Crippen LogP contribution in [0.5, 0.6) is 0 Å². The summed E-state index contributed by atoms with van der Waals surface area (Å²) in [5, 5.41) is 11.5. The van der Waals surface area contributed by atoms with Crippen molar-refractivity contribution in [3.05, 3.63) is 30.6 Å². The number of nitrogens with zero attached hydrogens (tertiary/aromatic N) is 3. The zero-order chi connectivity index (χ0) is 13.8. The monoisotopic (exact) mass is 260 g/mol. The van der Waals surface area contributed by atoms with Gasteiger partial charge in [-0.05, 0) is 26.0 Å². The summed E-state index contributed by atoms with van der Waals surface area (Å²) in [5.74, 6) is 0.857. The van der Waals surface area contributed by atoms with E-state index in [1.54, 1.807) is 13.4 Å². The molecule has 102 valence electrons. The lowest BCUT2D eigenvalue weighted by Crippen LogP contribution is -2.29. The Morgan fingerprint density at radius 3 is 2.74 bits per heavy atom. The first kappa shape index (κ1) is 13.5. The number of nitrogens with one attached hydrogen (secondary N) is 1. The molecule has 0 aliphatic rings. The maximum absolute atomic E-state index is 5.32. The number of hydrogen-bond donors (Lipinski definition) is 1. The van der Waals surface area contributed by atoms with Crippen molar-refractivity contribution < 1.29 is 4.74 Å². The van der Waals surface area contributed by atoms with Crippen molar-refractivity contribution in [2.45, 2.75) is 26.0 Å². The summed E-state index contributed by atoms with van der Waals surface area (Å²) in [6.07, 6.45) is 1.85. The first-order valence-electron chi connectivity index (χ1n) is 6.35. The Labute approximate surface area is 113 Å². The Morgan fingerprint density at radius 1 is 1.32 bits per heavy atom. The number of benzene rings is 1. The lowest BCUT2D eigenvalue weighted by molar-refractivity contribution is 0.106. The Bertz CT molecular complexity index is 538. The number of hydrogen-bond acceptors (Lipinski definition) is 4. The molecule has 0 saturated carbocycles. The Balaban J connectivity index is 2.18. The average Bonchev–Trinajstić information content (AvgIpc) is 2.84. The van der Waals surface area contributed by atoms with Gasteiger partial charge in [-0.2, -0.15) is 0 Å². The standard InChI is InChI=1S/C14H20N4O/c1-10(11(2)19-4)16-13-7-5-6-12(8-13)14-17-15-9-18(14)3/h5-11,16H,1-4H3. The quantitative estimate of drug-likeness (QED) is 0.896. The first-order chi connectivity index (χ1) is 9.11. The molecule has 0 spiro atoms. The minimum Gasteiger partial charge on any atom is -0.380 e. The third-order valence-corrected chi connectivity index (χ3v) is 3.30. The van der Waals surface area contributed by atoms with Crippen molar-refractivity contribution in [1.82, 2.24) is 14.8 Å². The van der Waals surface area contributed by atoms with Crippen molar-refractivity contribution in [1.29, 1.82) is 0 Å². The lowest BCUT2D eigenvalue weighted by Gasteiger charge is -2.21. The van der Waals surface area contributed by atoms with E-state index in [9.17, 15) is 0 Å². The molecule has 1 aromatic carbocycles. The van der Waals surface area contributed by atoms with Crippen LogP contribution in [0.15, 0.2) is 30.6 Å². The Hall–Kier alpha value is -1.88. The number of aromatic nitrogens is 3. The average molecular weight is 260 g/mol. The highest BCUT2D eigenvalue weighted by Crippen LogP contribution is 2.21. The van der Waals surface area contributed by atoms with Crippen LogP contribution in [0, 0.1) is 0 Å². The molecule has 0 amide bonds. The predicted molar refractivity (Wildman–Crippen MR) is 76.0 cm³/mol. The molecule has 19 heavy (non-hydrogen) atoms. The van der Waals surface area contributed by atoms with Gasteiger partial charge < -0.3 is 14.6 Å². The number of methoxy groups -OCH3 is 1. The fourth-order valence-corrected chi connectivity index (χ4v) is 1.88. The van der Waals surface area contributed by atoms with Crippen LogP contribution in [0.25, 0.3) is 11.4 Å². The topological polar surface area (TPSA) is 52.0 Å². The van der Waals surface area contributed by atoms with Gasteiger partial charge in [0, 0.05) is 31.5 Å². The van der Waals surface area contributed by atoms with Crippen LogP contribution in [-0.4, -0.2) is 34.0 Å². The van der Waals surface area contributed by atoms with Gasteiger partial charge >= 0.3 is 0 Å². The predicted octanol–water partition coefficient (Wildman–Crippen LogP) is 2.32. The maximum atomic E-state index is 5.32. The van der Waals surface area contributed by atoms with Crippen LogP contribution >= 0.6 is 0 Å². The summed E-state index contributed by atoms with van der Waals surface area (Å²) in [6, 6.07) is 8.39. The molecule has 0 radical (unpaired) electrons. The van der Waals surface area contributed by atoms with Crippen LogP contribution in [0.4, 0.5) is 5.69 Å². The van der Waals surface area contributed by atoms with Gasteiger partial charge in [-0.3, -0.25) is 0 Å². The zero-order valence-electron chi connectivity index (χ0n) is 11.8. The fourth-order valence-electron chi connectivity index (χ4n) is 1.88. The molecule has 0 fully saturated rings.